The second-order valence-electron chi connectivity index (χ2n) is 1.12. The first kappa shape index (κ1) is 13.1. The Bertz CT molecular complexity index is 135. The quantitative estimate of drug-likeness (QED) is 0.264. The van der Waals surface area contributed by atoms with Crippen LogP contribution in [0.1, 0.15) is 0 Å². The SMILES string of the molecule is COC(=O)[P+](=O)C([O-])O.[Na+]. The van der Waals surface area contributed by atoms with Crippen molar-refractivity contribution in [2.75, 3.05) is 7.11 Å². The largest absolute Gasteiger partial charge is 1.00 e. The number of hydrogen-bond donors (Lipinski definition) is 1. The first-order valence-corrected chi connectivity index (χ1v) is 3.30. The predicted molar refractivity (Wildman–Crippen MR) is 26.0 cm³/mol. The van der Waals surface area contributed by atoms with Gasteiger partial charge >= 0.3 is 43.1 Å². The minimum absolute atomic E-state index is 0. The molecule has 52 valence electrons. The van der Waals surface area contributed by atoms with Crippen LogP contribution >= 0.6 is 7.80 Å². The minimum atomic E-state index is -2.81. The van der Waals surface area contributed by atoms with E-state index in [1.54, 1.807) is 0 Å². The Labute approximate surface area is 80.5 Å². The van der Waals surface area contributed by atoms with Crippen molar-refractivity contribution in [2.45, 2.75) is 6.03 Å². The number of methoxy groups -OCH3 is 1. The molecule has 0 aromatic carbocycles. The van der Waals surface area contributed by atoms with E-state index in [0.717, 1.165) is 7.11 Å². The molecule has 10 heavy (non-hydrogen) atoms. The monoisotopic (exact) mass is 175 g/mol. The van der Waals surface area contributed by atoms with Crippen molar-refractivity contribution in [1.82, 2.24) is 0 Å². The van der Waals surface area contributed by atoms with Crippen LogP contribution in [0.3, 0.4) is 0 Å². The van der Waals surface area contributed by atoms with Gasteiger partial charge in [-0.1, -0.05) is 4.57 Å². The molecular weight excluding hydrogens is 170 g/mol. The molecule has 0 heterocycles. The molecule has 7 heteroatoms. The van der Waals surface area contributed by atoms with E-state index >= 15 is 0 Å². The first-order chi connectivity index (χ1) is 4.09. The standard InChI is InChI=1S/C3H5O5P.Na/c1-8-3(6)9(7)2(4)5;/h2,4H,1H3;/q;+1. The number of carbonyl (C=O) groups excluding carboxylic acids is 1. The molecule has 0 spiro atoms. The molecule has 5 nitrogen and oxygen atoms in total. The fourth-order valence-electron chi connectivity index (χ4n) is 0.180. The number of ether oxygens (including phenoxy) is 1. The van der Waals surface area contributed by atoms with Gasteiger partial charge < -0.3 is 14.9 Å². The summed E-state index contributed by atoms with van der Waals surface area (Å²) in [6.45, 7) is 0. The molecule has 0 radical (unpaired) electrons. The second kappa shape index (κ2) is 6.22. The van der Waals surface area contributed by atoms with Gasteiger partial charge in [0.15, 0.2) is 0 Å². The van der Waals surface area contributed by atoms with Gasteiger partial charge in [-0.15, -0.1) is 0 Å². The fraction of sp³-hybridized carbons (Fsp3) is 0.667. The molecule has 0 aromatic heterocycles. The van der Waals surface area contributed by atoms with E-state index in [2.05, 4.69) is 4.74 Å². The maximum atomic E-state index is 10.2. The molecule has 0 aliphatic rings. The van der Waals surface area contributed by atoms with Gasteiger partial charge in [-0.25, -0.2) is 0 Å². The van der Waals surface area contributed by atoms with E-state index in [0.29, 0.717) is 0 Å². The Balaban J connectivity index is 0. The van der Waals surface area contributed by atoms with Crippen LogP contribution in [-0.4, -0.2) is 24.0 Å². The van der Waals surface area contributed by atoms with E-state index in [1.807, 2.05) is 0 Å². The summed E-state index contributed by atoms with van der Waals surface area (Å²) in [5.74, 6) is 0. The zero-order chi connectivity index (χ0) is 7.44. The van der Waals surface area contributed by atoms with Crippen LogP contribution in [0, 0.1) is 0 Å². The van der Waals surface area contributed by atoms with E-state index in [4.69, 9.17) is 5.11 Å². The topological polar surface area (TPSA) is 86.7 Å². The molecule has 1 N–H and O–H groups in total. The van der Waals surface area contributed by atoms with Gasteiger partial charge in [0.05, 0.1) is 7.11 Å². The van der Waals surface area contributed by atoms with Crippen molar-refractivity contribution in [1.29, 1.82) is 0 Å². The van der Waals surface area contributed by atoms with Crippen molar-refractivity contribution >= 4 is 13.5 Å². The Morgan fingerprint density at radius 3 is 2.30 bits per heavy atom. The summed E-state index contributed by atoms with van der Waals surface area (Å²) in [7, 11) is -1.83. The van der Waals surface area contributed by atoms with Crippen LogP contribution in [0.2, 0.25) is 0 Å². The Morgan fingerprint density at radius 2 is 2.20 bits per heavy atom. The Hall–Kier alpha value is 0.490. The van der Waals surface area contributed by atoms with Gasteiger partial charge in [0, 0.05) is 0 Å². The summed E-state index contributed by atoms with van der Waals surface area (Å²) >= 11 is 0. The summed E-state index contributed by atoms with van der Waals surface area (Å²) in [5.41, 5.74) is -1.17. The minimum Gasteiger partial charge on any atom is -0.790 e. The fourth-order valence-corrected chi connectivity index (χ4v) is 0.540. The molecule has 2 atom stereocenters. The molecule has 0 bridgehead atoms. The summed E-state index contributed by atoms with van der Waals surface area (Å²) in [4.78, 5) is 10.1. The molecule has 0 saturated carbocycles. The van der Waals surface area contributed by atoms with Crippen molar-refractivity contribution in [3.05, 3.63) is 0 Å². The average molecular weight is 175 g/mol. The predicted octanol–water partition coefficient (Wildman–Crippen LogP) is -3.78. The third kappa shape index (κ3) is 4.33. The number of carbonyl (C=O) groups is 1. The Kier molecular flexibility index (Phi) is 8.15. The molecule has 0 aliphatic heterocycles. The van der Waals surface area contributed by atoms with E-state index < -0.39 is 19.5 Å². The summed E-state index contributed by atoms with van der Waals surface area (Å²) in [6.07, 6.45) is 0. The van der Waals surface area contributed by atoms with Crippen LogP contribution in [0.4, 0.5) is 4.79 Å². The van der Waals surface area contributed by atoms with Crippen LogP contribution in [0.25, 0.3) is 0 Å². The molecule has 0 aromatic rings. The van der Waals surface area contributed by atoms with Gasteiger partial charge in [0.1, 0.15) is 0 Å². The van der Waals surface area contributed by atoms with E-state index in [1.165, 1.54) is 0 Å². The number of aliphatic hydroxyl groups excluding tert-OH is 1. The molecule has 2 unspecified atom stereocenters. The van der Waals surface area contributed by atoms with Crippen molar-refractivity contribution in [3.63, 3.8) is 0 Å². The first-order valence-electron chi connectivity index (χ1n) is 1.97. The molecule has 0 fully saturated rings. The van der Waals surface area contributed by atoms with Crippen LogP contribution in [0.15, 0.2) is 0 Å². The van der Waals surface area contributed by atoms with Gasteiger partial charge in [0.2, 0.25) is 6.03 Å². The van der Waals surface area contributed by atoms with Crippen LogP contribution in [-0.2, 0) is 9.30 Å². The van der Waals surface area contributed by atoms with Gasteiger partial charge in [-0.2, -0.15) is 4.79 Å². The molecule has 0 rings (SSSR count). The normalized spacial score (nSPS) is 12.9. The number of rotatable bonds is 2. The average Bonchev–Trinajstić information content (AvgIpc) is 1.84. The van der Waals surface area contributed by atoms with Crippen molar-refractivity contribution in [2.24, 2.45) is 0 Å². The van der Waals surface area contributed by atoms with E-state index in [9.17, 15) is 14.5 Å². The van der Waals surface area contributed by atoms with Gasteiger partial charge in [-0.05, 0) is 0 Å². The number of hydrogen-bond acceptors (Lipinski definition) is 5. The van der Waals surface area contributed by atoms with Crippen molar-refractivity contribution in [3.8, 4) is 0 Å². The van der Waals surface area contributed by atoms with E-state index in [-0.39, 0.29) is 29.6 Å². The molecule has 0 saturated heterocycles. The zero-order valence-electron chi connectivity index (χ0n) is 5.60. The smallest absolute Gasteiger partial charge is 0.790 e. The number of aliphatic hydroxyl groups is 1. The van der Waals surface area contributed by atoms with Crippen molar-refractivity contribution < 1.29 is 53.9 Å². The summed E-state index contributed by atoms with van der Waals surface area (Å²) in [6, 6.07) is -2.37. The molecule has 0 amide bonds. The van der Waals surface area contributed by atoms with Gasteiger partial charge in [-0.3, -0.25) is 0 Å². The molecular formula is C3H5NaO5P+. The zero-order valence-corrected chi connectivity index (χ0v) is 8.50. The maximum absolute atomic E-state index is 10.2. The Morgan fingerprint density at radius 1 is 1.80 bits per heavy atom. The van der Waals surface area contributed by atoms with Crippen LogP contribution in [0.5, 0.6) is 0 Å². The summed E-state index contributed by atoms with van der Waals surface area (Å²) in [5, 5.41) is 17.8. The van der Waals surface area contributed by atoms with Gasteiger partial charge in [0.25, 0.3) is 0 Å². The third-order valence-corrected chi connectivity index (χ3v) is 1.50. The van der Waals surface area contributed by atoms with Crippen LogP contribution < -0.4 is 34.7 Å². The second-order valence-corrected chi connectivity index (χ2v) is 2.58. The summed E-state index contributed by atoms with van der Waals surface area (Å²) < 4.78 is 14.1. The third-order valence-electron chi connectivity index (χ3n) is 0.555. The molecule has 0 aliphatic carbocycles. The maximum Gasteiger partial charge on any atom is 1.00 e.